The van der Waals surface area contributed by atoms with E-state index in [0.717, 1.165) is 42.7 Å². The van der Waals surface area contributed by atoms with Crippen LogP contribution in [0.3, 0.4) is 0 Å². The summed E-state index contributed by atoms with van der Waals surface area (Å²) in [5, 5.41) is 9.38. The molecule has 0 aromatic heterocycles. The molecule has 3 heteroatoms. The van der Waals surface area contributed by atoms with Crippen molar-refractivity contribution in [3.8, 4) is 11.5 Å². The van der Waals surface area contributed by atoms with Crippen LogP contribution in [0, 0.1) is 0 Å². The second-order valence-corrected chi connectivity index (χ2v) is 4.79. The quantitative estimate of drug-likeness (QED) is 0.798. The lowest BCUT2D eigenvalue weighted by molar-refractivity contribution is 0.215. The van der Waals surface area contributed by atoms with Gasteiger partial charge in [0.15, 0.2) is 0 Å². The topological polar surface area (TPSA) is 38.7 Å². The van der Waals surface area contributed by atoms with Gasteiger partial charge in [0.1, 0.15) is 17.6 Å². The third kappa shape index (κ3) is 4.00. The highest BCUT2D eigenvalue weighted by molar-refractivity contribution is 5.40. The van der Waals surface area contributed by atoms with E-state index in [2.05, 4.69) is 19.1 Å². The van der Waals surface area contributed by atoms with Crippen molar-refractivity contribution in [1.29, 1.82) is 0 Å². The maximum Gasteiger partial charge on any atom is 0.129 e. The Morgan fingerprint density at radius 1 is 1.37 bits per heavy atom. The number of allylic oxidation sites excluding steroid dienone is 1. The van der Waals surface area contributed by atoms with Gasteiger partial charge in [-0.15, -0.1) is 0 Å². The Hall–Kier alpha value is -1.48. The summed E-state index contributed by atoms with van der Waals surface area (Å²) in [4.78, 5) is 0. The van der Waals surface area contributed by atoms with Gasteiger partial charge in [-0.05, 0) is 43.9 Å². The van der Waals surface area contributed by atoms with Crippen LogP contribution in [0.5, 0.6) is 11.5 Å². The predicted octanol–water partition coefficient (Wildman–Crippen LogP) is 3.46. The maximum absolute atomic E-state index is 9.38. The average molecular weight is 262 g/mol. The molecule has 1 aliphatic carbocycles. The minimum absolute atomic E-state index is 0.0141. The molecule has 1 aliphatic rings. The van der Waals surface area contributed by atoms with Gasteiger partial charge in [0, 0.05) is 11.6 Å². The third-order valence-electron chi connectivity index (χ3n) is 3.17. The molecule has 0 bridgehead atoms. The molecule has 0 radical (unpaired) electrons. The highest BCUT2D eigenvalue weighted by Crippen LogP contribution is 2.28. The predicted molar refractivity (Wildman–Crippen MR) is 75.6 cm³/mol. The zero-order valence-electron chi connectivity index (χ0n) is 11.5. The third-order valence-corrected chi connectivity index (χ3v) is 3.17. The fourth-order valence-electron chi connectivity index (χ4n) is 2.13. The lowest BCUT2D eigenvalue weighted by atomic mass is 10.1. The van der Waals surface area contributed by atoms with Gasteiger partial charge in [0.25, 0.3) is 0 Å². The fourth-order valence-corrected chi connectivity index (χ4v) is 2.13. The molecule has 1 aromatic carbocycles. The average Bonchev–Trinajstić information content (AvgIpc) is 2.46. The Balaban J connectivity index is 2.10. The minimum Gasteiger partial charge on any atom is -0.493 e. The van der Waals surface area contributed by atoms with Crippen molar-refractivity contribution >= 4 is 0 Å². The molecule has 1 unspecified atom stereocenters. The highest BCUT2D eigenvalue weighted by Gasteiger charge is 2.13. The molecule has 0 amide bonds. The van der Waals surface area contributed by atoms with Gasteiger partial charge >= 0.3 is 0 Å². The van der Waals surface area contributed by atoms with E-state index in [1.807, 2.05) is 18.2 Å². The summed E-state index contributed by atoms with van der Waals surface area (Å²) in [6.45, 7) is 2.76. The number of aliphatic hydroxyl groups is 1. The summed E-state index contributed by atoms with van der Waals surface area (Å²) in [6.07, 6.45) is 8.66. The summed E-state index contributed by atoms with van der Waals surface area (Å²) in [7, 11) is 0. The number of aliphatic hydroxyl groups excluding tert-OH is 1. The molecule has 0 fully saturated rings. The molecule has 0 spiro atoms. The van der Waals surface area contributed by atoms with E-state index in [4.69, 9.17) is 9.47 Å². The van der Waals surface area contributed by atoms with Crippen molar-refractivity contribution in [1.82, 2.24) is 0 Å². The first-order valence-corrected chi connectivity index (χ1v) is 7.03. The van der Waals surface area contributed by atoms with Gasteiger partial charge in [-0.1, -0.05) is 13.0 Å². The monoisotopic (exact) mass is 262 g/mol. The van der Waals surface area contributed by atoms with E-state index < -0.39 is 0 Å². The Kier molecular flexibility index (Phi) is 5.28. The molecular formula is C16H22O3. The van der Waals surface area contributed by atoms with Gasteiger partial charge < -0.3 is 14.6 Å². The highest BCUT2D eigenvalue weighted by atomic mass is 16.5. The van der Waals surface area contributed by atoms with E-state index in [1.54, 1.807) is 0 Å². The molecule has 104 valence electrons. The van der Waals surface area contributed by atoms with Crippen LogP contribution in [0.1, 0.15) is 38.2 Å². The second kappa shape index (κ2) is 7.19. The standard InChI is InChI=1S/C16H22O3/c1-2-10-18-15-9-8-13(12-17)16(11-15)19-14-6-4-3-5-7-14/h4,6,8-9,11,14,17H,2-3,5,7,10,12H2,1H3. The Labute approximate surface area is 114 Å². The molecule has 2 rings (SSSR count). The van der Waals surface area contributed by atoms with E-state index in [9.17, 15) is 5.11 Å². The molecule has 1 N–H and O–H groups in total. The minimum atomic E-state index is -0.0141. The Morgan fingerprint density at radius 2 is 2.26 bits per heavy atom. The Morgan fingerprint density at radius 3 is 2.95 bits per heavy atom. The molecule has 1 aromatic rings. The largest absolute Gasteiger partial charge is 0.493 e. The SMILES string of the molecule is CCCOc1ccc(CO)c(OC2C=CCCC2)c1. The number of hydrogen-bond donors (Lipinski definition) is 1. The van der Waals surface area contributed by atoms with Crippen molar-refractivity contribution in [2.75, 3.05) is 6.61 Å². The van der Waals surface area contributed by atoms with Gasteiger partial charge in [0.2, 0.25) is 0 Å². The second-order valence-electron chi connectivity index (χ2n) is 4.79. The van der Waals surface area contributed by atoms with Crippen LogP contribution in [0.4, 0.5) is 0 Å². The number of rotatable bonds is 6. The molecule has 0 saturated heterocycles. The van der Waals surface area contributed by atoms with Gasteiger partial charge in [-0.2, -0.15) is 0 Å². The molecular weight excluding hydrogens is 240 g/mol. The first-order chi connectivity index (χ1) is 9.33. The lowest BCUT2D eigenvalue weighted by Crippen LogP contribution is -2.16. The maximum atomic E-state index is 9.38. The van der Waals surface area contributed by atoms with Gasteiger partial charge in [-0.3, -0.25) is 0 Å². The van der Waals surface area contributed by atoms with E-state index in [0.29, 0.717) is 6.61 Å². The van der Waals surface area contributed by atoms with Crippen molar-refractivity contribution < 1.29 is 14.6 Å². The summed E-state index contributed by atoms with van der Waals surface area (Å²) in [5.74, 6) is 1.53. The summed E-state index contributed by atoms with van der Waals surface area (Å²) in [6, 6.07) is 5.63. The van der Waals surface area contributed by atoms with Crippen molar-refractivity contribution in [3.63, 3.8) is 0 Å². The van der Waals surface area contributed by atoms with Crippen molar-refractivity contribution in [2.45, 2.75) is 45.3 Å². The van der Waals surface area contributed by atoms with Crippen LogP contribution in [0.15, 0.2) is 30.4 Å². The molecule has 1 atom stereocenters. The van der Waals surface area contributed by atoms with Gasteiger partial charge in [-0.25, -0.2) is 0 Å². The van der Waals surface area contributed by atoms with Crippen LogP contribution < -0.4 is 9.47 Å². The summed E-state index contributed by atoms with van der Waals surface area (Å²) < 4.78 is 11.6. The number of hydrogen-bond acceptors (Lipinski definition) is 3. The summed E-state index contributed by atoms with van der Waals surface area (Å²) >= 11 is 0. The number of ether oxygens (including phenoxy) is 2. The van der Waals surface area contributed by atoms with Gasteiger partial charge in [0.05, 0.1) is 13.2 Å². The fraction of sp³-hybridized carbons (Fsp3) is 0.500. The van der Waals surface area contributed by atoms with Crippen LogP contribution in [0.2, 0.25) is 0 Å². The van der Waals surface area contributed by atoms with E-state index in [-0.39, 0.29) is 12.7 Å². The van der Waals surface area contributed by atoms with Crippen LogP contribution >= 0.6 is 0 Å². The zero-order chi connectivity index (χ0) is 13.5. The molecule has 0 heterocycles. The number of benzene rings is 1. The van der Waals surface area contributed by atoms with E-state index in [1.165, 1.54) is 0 Å². The molecule has 3 nitrogen and oxygen atoms in total. The Bertz CT molecular complexity index is 426. The molecule has 0 saturated carbocycles. The smallest absolute Gasteiger partial charge is 0.129 e. The first kappa shape index (κ1) is 13.9. The molecule has 19 heavy (non-hydrogen) atoms. The van der Waals surface area contributed by atoms with Crippen molar-refractivity contribution in [3.05, 3.63) is 35.9 Å². The van der Waals surface area contributed by atoms with Crippen LogP contribution in [0.25, 0.3) is 0 Å². The van der Waals surface area contributed by atoms with Crippen LogP contribution in [-0.4, -0.2) is 17.8 Å². The van der Waals surface area contributed by atoms with Crippen LogP contribution in [-0.2, 0) is 6.61 Å². The molecule has 0 aliphatic heterocycles. The summed E-state index contributed by atoms with van der Waals surface area (Å²) in [5.41, 5.74) is 0.808. The zero-order valence-corrected chi connectivity index (χ0v) is 11.5. The van der Waals surface area contributed by atoms with Crippen molar-refractivity contribution in [2.24, 2.45) is 0 Å². The first-order valence-electron chi connectivity index (χ1n) is 7.03. The van der Waals surface area contributed by atoms with E-state index >= 15 is 0 Å². The lowest BCUT2D eigenvalue weighted by Gasteiger charge is -2.20. The normalized spacial score (nSPS) is 18.3.